The first kappa shape index (κ1) is 13.0. The molecule has 3 N–H and O–H groups in total. The molecule has 3 heteroatoms. The summed E-state index contributed by atoms with van der Waals surface area (Å²) in [7, 11) is 0. The van der Waals surface area contributed by atoms with Crippen molar-refractivity contribution in [2.75, 3.05) is 12.3 Å². The molecular formula is C13H23N3. The van der Waals surface area contributed by atoms with Gasteiger partial charge in [0.25, 0.3) is 0 Å². The van der Waals surface area contributed by atoms with Crippen LogP contribution in [0.3, 0.4) is 0 Å². The number of anilines is 1. The second kappa shape index (κ2) is 7.23. The number of pyridine rings is 1. The Hall–Kier alpha value is -1.09. The monoisotopic (exact) mass is 221 g/mol. The summed E-state index contributed by atoms with van der Waals surface area (Å²) >= 11 is 0. The number of rotatable bonds is 7. The van der Waals surface area contributed by atoms with E-state index in [2.05, 4.69) is 30.2 Å². The number of nitrogens with one attached hydrogen (secondary N) is 1. The van der Waals surface area contributed by atoms with Crippen LogP contribution in [0.5, 0.6) is 0 Å². The van der Waals surface area contributed by atoms with Crippen LogP contribution in [-0.4, -0.2) is 17.6 Å². The zero-order valence-corrected chi connectivity index (χ0v) is 10.4. The lowest BCUT2D eigenvalue weighted by Crippen LogP contribution is -2.28. The number of hydrogen-bond donors (Lipinski definition) is 2. The summed E-state index contributed by atoms with van der Waals surface area (Å²) in [5.74, 6) is 0.680. The lowest BCUT2D eigenvalue weighted by molar-refractivity contribution is 0.467. The fourth-order valence-corrected chi connectivity index (χ4v) is 1.94. The van der Waals surface area contributed by atoms with Crippen molar-refractivity contribution >= 4 is 5.82 Å². The molecule has 0 aliphatic rings. The first-order valence-electron chi connectivity index (χ1n) is 6.20. The highest BCUT2D eigenvalue weighted by Crippen LogP contribution is 2.12. The molecule has 1 rings (SSSR count). The second-order valence-corrected chi connectivity index (χ2v) is 4.10. The van der Waals surface area contributed by atoms with Gasteiger partial charge in [-0.15, -0.1) is 0 Å². The van der Waals surface area contributed by atoms with Gasteiger partial charge in [-0.2, -0.15) is 0 Å². The third-order valence-corrected chi connectivity index (χ3v) is 2.91. The summed E-state index contributed by atoms with van der Waals surface area (Å²) in [6, 6.07) is 4.66. The van der Waals surface area contributed by atoms with E-state index in [0.29, 0.717) is 11.9 Å². The van der Waals surface area contributed by atoms with Gasteiger partial charge < -0.3 is 11.1 Å². The molecule has 3 nitrogen and oxygen atoms in total. The van der Waals surface area contributed by atoms with E-state index in [9.17, 15) is 0 Å². The minimum absolute atomic E-state index is 0.642. The van der Waals surface area contributed by atoms with Crippen LogP contribution in [0.25, 0.3) is 0 Å². The maximum Gasteiger partial charge on any atom is 0.126 e. The quantitative estimate of drug-likeness (QED) is 0.743. The van der Waals surface area contributed by atoms with Gasteiger partial charge in [0.2, 0.25) is 0 Å². The van der Waals surface area contributed by atoms with Crippen molar-refractivity contribution in [3.05, 3.63) is 23.9 Å². The zero-order chi connectivity index (χ0) is 11.8. The van der Waals surface area contributed by atoms with Crippen LogP contribution in [-0.2, 0) is 6.42 Å². The molecule has 1 aromatic heterocycles. The third kappa shape index (κ3) is 4.19. The standard InChI is InChI=1S/C13H23N3/c1-3-12(15-4-2)9-5-7-11-8-6-10-16-13(11)14/h6,8,10,12,15H,3-5,7,9H2,1-2H3,(H2,14,16). The van der Waals surface area contributed by atoms with Crippen molar-refractivity contribution in [3.8, 4) is 0 Å². The van der Waals surface area contributed by atoms with Gasteiger partial charge in [0.1, 0.15) is 5.82 Å². The van der Waals surface area contributed by atoms with Gasteiger partial charge in [-0.1, -0.05) is 19.9 Å². The van der Waals surface area contributed by atoms with Gasteiger partial charge >= 0.3 is 0 Å². The van der Waals surface area contributed by atoms with Crippen molar-refractivity contribution in [3.63, 3.8) is 0 Å². The fourth-order valence-electron chi connectivity index (χ4n) is 1.94. The molecule has 16 heavy (non-hydrogen) atoms. The minimum Gasteiger partial charge on any atom is -0.383 e. The van der Waals surface area contributed by atoms with E-state index in [0.717, 1.165) is 13.0 Å². The summed E-state index contributed by atoms with van der Waals surface area (Å²) in [5.41, 5.74) is 6.98. The highest BCUT2D eigenvalue weighted by molar-refractivity contribution is 5.38. The summed E-state index contributed by atoms with van der Waals surface area (Å²) in [6.07, 6.45) is 6.34. The number of aryl methyl sites for hydroxylation is 1. The Labute approximate surface area is 98.5 Å². The Balaban J connectivity index is 2.32. The van der Waals surface area contributed by atoms with Crippen LogP contribution in [0.2, 0.25) is 0 Å². The molecule has 0 aliphatic carbocycles. The van der Waals surface area contributed by atoms with E-state index in [1.165, 1.54) is 24.8 Å². The molecule has 0 aromatic carbocycles. The molecule has 0 saturated carbocycles. The van der Waals surface area contributed by atoms with Gasteiger partial charge in [0.05, 0.1) is 0 Å². The zero-order valence-electron chi connectivity index (χ0n) is 10.4. The average Bonchev–Trinajstić information content (AvgIpc) is 2.30. The molecule has 0 spiro atoms. The van der Waals surface area contributed by atoms with Crippen molar-refractivity contribution in [1.82, 2.24) is 10.3 Å². The highest BCUT2D eigenvalue weighted by Gasteiger charge is 2.05. The van der Waals surface area contributed by atoms with Gasteiger partial charge in [0.15, 0.2) is 0 Å². The van der Waals surface area contributed by atoms with Crippen LogP contribution >= 0.6 is 0 Å². The molecule has 0 bridgehead atoms. The van der Waals surface area contributed by atoms with Gasteiger partial charge in [-0.3, -0.25) is 0 Å². The second-order valence-electron chi connectivity index (χ2n) is 4.10. The first-order valence-corrected chi connectivity index (χ1v) is 6.20. The lowest BCUT2D eigenvalue weighted by Gasteiger charge is -2.15. The van der Waals surface area contributed by atoms with Crippen LogP contribution in [0.15, 0.2) is 18.3 Å². The van der Waals surface area contributed by atoms with E-state index < -0.39 is 0 Å². The molecule has 0 saturated heterocycles. The Morgan fingerprint density at radius 1 is 1.44 bits per heavy atom. The van der Waals surface area contributed by atoms with E-state index in [-0.39, 0.29) is 0 Å². The van der Waals surface area contributed by atoms with Crippen molar-refractivity contribution in [2.24, 2.45) is 0 Å². The van der Waals surface area contributed by atoms with Gasteiger partial charge in [-0.25, -0.2) is 4.98 Å². The van der Waals surface area contributed by atoms with Crippen molar-refractivity contribution in [2.45, 2.75) is 45.6 Å². The smallest absolute Gasteiger partial charge is 0.126 e. The summed E-state index contributed by atoms with van der Waals surface area (Å²) in [6.45, 7) is 5.43. The normalized spacial score (nSPS) is 12.6. The summed E-state index contributed by atoms with van der Waals surface area (Å²) in [5, 5.41) is 3.49. The number of nitrogen functional groups attached to an aromatic ring is 1. The maximum atomic E-state index is 5.80. The summed E-state index contributed by atoms with van der Waals surface area (Å²) < 4.78 is 0. The average molecular weight is 221 g/mol. The molecule has 1 heterocycles. The topological polar surface area (TPSA) is 50.9 Å². The van der Waals surface area contributed by atoms with Crippen molar-refractivity contribution in [1.29, 1.82) is 0 Å². The van der Waals surface area contributed by atoms with Crippen molar-refractivity contribution < 1.29 is 0 Å². The van der Waals surface area contributed by atoms with Gasteiger partial charge in [0, 0.05) is 12.2 Å². The maximum absolute atomic E-state index is 5.80. The van der Waals surface area contributed by atoms with E-state index in [1.54, 1.807) is 6.20 Å². The molecule has 1 atom stereocenters. The SMILES string of the molecule is CCNC(CC)CCCc1cccnc1N. The molecule has 0 amide bonds. The van der Waals surface area contributed by atoms with Crippen LogP contribution < -0.4 is 11.1 Å². The van der Waals surface area contributed by atoms with Crippen LogP contribution in [0.1, 0.15) is 38.7 Å². The predicted octanol–water partition coefficient (Wildman–Crippen LogP) is 2.37. The molecule has 0 fully saturated rings. The molecule has 0 radical (unpaired) electrons. The Morgan fingerprint density at radius 3 is 2.88 bits per heavy atom. The lowest BCUT2D eigenvalue weighted by atomic mass is 10.0. The third-order valence-electron chi connectivity index (χ3n) is 2.91. The van der Waals surface area contributed by atoms with Gasteiger partial charge in [-0.05, 0) is 43.9 Å². The Bertz CT molecular complexity index is 299. The number of aromatic nitrogens is 1. The molecule has 0 aliphatic heterocycles. The van der Waals surface area contributed by atoms with E-state index in [4.69, 9.17) is 5.73 Å². The molecule has 90 valence electrons. The Morgan fingerprint density at radius 2 is 2.25 bits per heavy atom. The number of nitrogens with zero attached hydrogens (tertiary/aromatic N) is 1. The number of hydrogen-bond acceptors (Lipinski definition) is 3. The largest absolute Gasteiger partial charge is 0.383 e. The molecule has 1 unspecified atom stereocenters. The predicted molar refractivity (Wildman–Crippen MR) is 69.3 cm³/mol. The first-order chi connectivity index (χ1) is 7.77. The minimum atomic E-state index is 0.642. The fraction of sp³-hybridized carbons (Fsp3) is 0.615. The Kier molecular flexibility index (Phi) is 5.86. The molecular weight excluding hydrogens is 198 g/mol. The summed E-state index contributed by atoms with van der Waals surface area (Å²) in [4.78, 5) is 4.10. The number of nitrogens with two attached hydrogens (primary N) is 1. The van der Waals surface area contributed by atoms with E-state index >= 15 is 0 Å². The van der Waals surface area contributed by atoms with Crippen LogP contribution in [0.4, 0.5) is 5.82 Å². The van der Waals surface area contributed by atoms with Crippen LogP contribution in [0, 0.1) is 0 Å². The highest BCUT2D eigenvalue weighted by atomic mass is 14.9. The van der Waals surface area contributed by atoms with E-state index in [1.807, 2.05) is 6.07 Å². The molecule has 1 aromatic rings.